The van der Waals surface area contributed by atoms with Gasteiger partial charge in [0.25, 0.3) is 0 Å². The van der Waals surface area contributed by atoms with Gasteiger partial charge in [-0.3, -0.25) is 0 Å². The van der Waals surface area contributed by atoms with E-state index in [1.165, 1.54) is 10.4 Å². The second-order valence-electron chi connectivity index (χ2n) is 5.08. The largest absolute Gasteiger partial charge is 0.329 e. The molecule has 1 heterocycles. The van der Waals surface area contributed by atoms with Crippen LogP contribution in [0.4, 0.5) is 4.39 Å². The zero-order chi connectivity index (χ0) is 14.9. The molecule has 0 radical (unpaired) electrons. The standard InChI is InChI=1S/C13H18ClFN2O2S/c1-9-3-2-4-11(8-16)17(9)20(18,19)13-7-10(15)5-6-12(13)14/h5-7,9,11H,2-4,8,16H2,1H3. The molecule has 0 aliphatic carbocycles. The Kier molecular flexibility index (Phi) is 4.69. The number of piperidine rings is 1. The van der Waals surface area contributed by atoms with Crippen molar-refractivity contribution in [2.24, 2.45) is 5.73 Å². The van der Waals surface area contributed by atoms with Gasteiger partial charge in [0.2, 0.25) is 10.0 Å². The molecule has 0 spiro atoms. The van der Waals surface area contributed by atoms with E-state index in [-0.39, 0.29) is 28.5 Å². The van der Waals surface area contributed by atoms with Crippen LogP contribution < -0.4 is 5.73 Å². The molecule has 0 aromatic heterocycles. The Balaban J connectivity index is 2.49. The number of sulfonamides is 1. The van der Waals surface area contributed by atoms with Gasteiger partial charge in [-0.05, 0) is 38.0 Å². The van der Waals surface area contributed by atoms with E-state index in [4.69, 9.17) is 17.3 Å². The van der Waals surface area contributed by atoms with Crippen molar-refractivity contribution in [1.82, 2.24) is 4.31 Å². The number of hydrogen-bond donors (Lipinski definition) is 1. The quantitative estimate of drug-likeness (QED) is 0.930. The summed E-state index contributed by atoms with van der Waals surface area (Å²) in [4.78, 5) is -0.189. The lowest BCUT2D eigenvalue weighted by atomic mass is 10.00. The Morgan fingerprint density at radius 2 is 2.15 bits per heavy atom. The van der Waals surface area contributed by atoms with Crippen LogP contribution in [0, 0.1) is 5.82 Å². The van der Waals surface area contributed by atoms with E-state index < -0.39 is 15.8 Å². The third-order valence-electron chi connectivity index (χ3n) is 3.67. The summed E-state index contributed by atoms with van der Waals surface area (Å²) in [6.45, 7) is 2.09. The first kappa shape index (κ1) is 15.7. The minimum absolute atomic E-state index is 0.0277. The second-order valence-corrected chi connectivity index (χ2v) is 7.30. The van der Waals surface area contributed by atoms with E-state index in [0.29, 0.717) is 6.42 Å². The molecule has 7 heteroatoms. The van der Waals surface area contributed by atoms with Gasteiger partial charge in [-0.25, -0.2) is 12.8 Å². The predicted octanol–water partition coefficient (Wildman–Crippen LogP) is 2.37. The Labute approximate surface area is 123 Å². The van der Waals surface area contributed by atoms with Crippen molar-refractivity contribution in [3.63, 3.8) is 0 Å². The minimum Gasteiger partial charge on any atom is -0.329 e. The van der Waals surface area contributed by atoms with E-state index in [0.717, 1.165) is 25.0 Å². The van der Waals surface area contributed by atoms with Crippen molar-refractivity contribution in [2.75, 3.05) is 6.54 Å². The monoisotopic (exact) mass is 320 g/mol. The summed E-state index contributed by atoms with van der Waals surface area (Å²) in [5.74, 6) is -0.623. The van der Waals surface area contributed by atoms with E-state index >= 15 is 0 Å². The third-order valence-corrected chi connectivity index (χ3v) is 6.22. The fourth-order valence-electron chi connectivity index (χ4n) is 2.71. The Morgan fingerprint density at radius 3 is 2.80 bits per heavy atom. The molecule has 20 heavy (non-hydrogen) atoms. The van der Waals surface area contributed by atoms with E-state index in [2.05, 4.69) is 0 Å². The van der Waals surface area contributed by atoms with Crippen molar-refractivity contribution < 1.29 is 12.8 Å². The lowest BCUT2D eigenvalue weighted by Gasteiger charge is -2.39. The number of rotatable bonds is 3. The SMILES string of the molecule is CC1CCCC(CN)N1S(=O)(=O)c1cc(F)ccc1Cl. The van der Waals surface area contributed by atoms with Crippen LogP contribution >= 0.6 is 11.6 Å². The van der Waals surface area contributed by atoms with Crippen LogP contribution in [0.1, 0.15) is 26.2 Å². The molecule has 1 aliphatic heterocycles. The Hall–Kier alpha value is -0.690. The highest BCUT2D eigenvalue weighted by molar-refractivity contribution is 7.89. The van der Waals surface area contributed by atoms with Crippen LogP contribution in [0.15, 0.2) is 23.1 Å². The minimum atomic E-state index is -3.84. The van der Waals surface area contributed by atoms with E-state index in [9.17, 15) is 12.8 Å². The second kappa shape index (κ2) is 5.97. The number of nitrogens with zero attached hydrogens (tertiary/aromatic N) is 1. The van der Waals surface area contributed by atoms with Gasteiger partial charge < -0.3 is 5.73 Å². The topological polar surface area (TPSA) is 63.4 Å². The number of benzene rings is 1. The highest BCUT2D eigenvalue weighted by Crippen LogP contribution is 2.32. The van der Waals surface area contributed by atoms with E-state index in [1.54, 1.807) is 0 Å². The van der Waals surface area contributed by atoms with Crippen LogP contribution in [-0.2, 0) is 10.0 Å². The molecule has 2 atom stereocenters. The average Bonchev–Trinajstić information content (AvgIpc) is 2.40. The molecule has 1 aromatic rings. The van der Waals surface area contributed by atoms with Gasteiger partial charge in [0.15, 0.2) is 0 Å². The average molecular weight is 321 g/mol. The highest BCUT2D eigenvalue weighted by atomic mass is 35.5. The van der Waals surface area contributed by atoms with Crippen LogP contribution in [-0.4, -0.2) is 31.4 Å². The number of hydrogen-bond acceptors (Lipinski definition) is 3. The Bertz CT molecular complexity index is 594. The third kappa shape index (κ3) is 2.83. The summed E-state index contributed by atoms with van der Waals surface area (Å²) in [7, 11) is -3.84. The van der Waals surface area contributed by atoms with Gasteiger partial charge in [0.1, 0.15) is 10.7 Å². The summed E-state index contributed by atoms with van der Waals surface area (Å²) >= 11 is 5.93. The van der Waals surface area contributed by atoms with Crippen molar-refractivity contribution in [3.05, 3.63) is 29.0 Å². The summed E-state index contributed by atoms with van der Waals surface area (Å²) in [5.41, 5.74) is 5.69. The summed E-state index contributed by atoms with van der Waals surface area (Å²) < 4.78 is 40.3. The van der Waals surface area contributed by atoms with Gasteiger partial charge in [-0.1, -0.05) is 18.0 Å². The first-order valence-corrected chi connectivity index (χ1v) is 8.38. The van der Waals surface area contributed by atoms with Crippen LogP contribution in [0.3, 0.4) is 0 Å². The smallest absolute Gasteiger partial charge is 0.245 e. The van der Waals surface area contributed by atoms with Gasteiger partial charge in [-0.2, -0.15) is 4.31 Å². The maximum Gasteiger partial charge on any atom is 0.245 e. The van der Waals surface area contributed by atoms with Crippen molar-refractivity contribution in [1.29, 1.82) is 0 Å². The molecule has 0 amide bonds. The molecule has 0 saturated carbocycles. The molecule has 2 rings (SSSR count). The number of nitrogens with two attached hydrogens (primary N) is 1. The molecular formula is C13H18ClFN2O2S. The van der Waals surface area contributed by atoms with E-state index in [1.807, 2.05) is 6.92 Å². The molecule has 2 N–H and O–H groups in total. The molecule has 1 aliphatic rings. The van der Waals surface area contributed by atoms with Gasteiger partial charge in [-0.15, -0.1) is 0 Å². The zero-order valence-corrected chi connectivity index (χ0v) is 12.8. The maximum absolute atomic E-state index is 13.4. The zero-order valence-electron chi connectivity index (χ0n) is 11.2. The summed E-state index contributed by atoms with van der Waals surface area (Å²) in [6.07, 6.45) is 2.42. The van der Waals surface area contributed by atoms with Gasteiger partial charge in [0, 0.05) is 18.6 Å². The summed E-state index contributed by atoms with van der Waals surface area (Å²) in [6, 6.07) is 2.94. The Morgan fingerprint density at radius 1 is 1.45 bits per heavy atom. The fraction of sp³-hybridized carbons (Fsp3) is 0.538. The molecule has 0 bridgehead atoms. The molecular weight excluding hydrogens is 303 g/mol. The van der Waals surface area contributed by atoms with Gasteiger partial charge in [0.05, 0.1) is 5.02 Å². The highest BCUT2D eigenvalue weighted by Gasteiger charge is 2.38. The van der Waals surface area contributed by atoms with Crippen molar-refractivity contribution in [3.8, 4) is 0 Å². The molecule has 1 saturated heterocycles. The summed E-state index contributed by atoms with van der Waals surface area (Å²) in [5, 5.41) is 0.0277. The van der Waals surface area contributed by atoms with Gasteiger partial charge >= 0.3 is 0 Å². The number of halogens is 2. The molecule has 1 fully saturated rings. The molecule has 112 valence electrons. The molecule has 2 unspecified atom stereocenters. The first-order valence-electron chi connectivity index (χ1n) is 6.56. The lowest BCUT2D eigenvalue weighted by molar-refractivity contribution is 0.196. The predicted molar refractivity (Wildman–Crippen MR) is 76.6 cm³/mol. The molecule has 4 nitrogen and oxygen atoms in total. The van der Waals surface area contributed by atoms with Crippen LogP contribution in [0.2, 0.25) is 5.02 Å². The maximum atomic E-state index is 13.4. The fourth-order valence-corrected chi connectivity index (χ4v) is 5.08. The van der Waals surface area contributed by atoms with Crippen LogP contribution in [0.5, 0.6) is 0 Å². The van der Waals surface area contributed by atoms with Crippen LogP contribution in [0.25, 0.3) is 0 Å². The first-order chi connectivity index (χ1) is 9.37. The lowest BCUT2D eigenvalue weighted by Crippen LogP contribution is -2.51. The molecule has 1 aromatic carbocycles. The normalized spacial score (nSPS) is 24.8. The van der Waals surface area contributed by atoms with Crippen molar-refractivity contribution >= 4 is 21.6 Å². The van der Waals surface area contributed by atoms with Crippen molar-refractivity contribution in [2.45, 2.75) is 43.2 Å².